The molecule has 0 spiro atoms. The van der Waals surface area contributed by atoms with E-state index in [1.165, 1.54) is 6.92 Å². The second-order valence-corrected chi connectivity index (χ2v) is 4.92. The Bertz CT molecular complexity index is 241. The van der Waals surface area contributed by atoms with E-state index in [0.29, 0.717) is 5.92 Å². The molecular formula is C12H21NO3. The van der Waals surface area contributed by atoms with E-state index in [2.05, 4.69) is 12.2 Å². The van der Waals surface area contributed by atoms with Crippen LogP contribution in [0, 0.1) is 11.8 Å². The lowest BCUT2D eigenvalue weighted by Gasteiger charge is -2.32. The number of rotatable bonds is 4. The van der Waals surface area contributed by atoms with Crippen molar-refractivity contribution in [3.63, 3.8) is 0 Å². The van der Waals surface area contributed by atoms with Crippen molar-refractivity contribution in [1.29, 1.82) is 0 Å². The maximum Gasteiger partial charge on any atom is 0.305 e. The molecule has 1 aliphatic carbocycles. The summed E-state index contributed by atoms with van der Waals surface area (Å²) in [6, 6.07) is -0.192. The van der Waals surface area contributed by atoms with E-state index in [0.717, 1.165) is 31.6 Å². The Kier molecular flexibility index (Phi) is 4.77. The molecule has 1 aliphatic rings. The van der Waals surface area contributed by atoms with Gasteiger partial charge in [0.1, 0.15) is 0 Å². The molecule has 1 saturated carbocycles. The fraction of sp³-hybridized carbons (Fsp3) is 0.833. The van der Waals surface area contributed by atoms with Crippen LogP contribution >= 0.6 is 0 Å². The predicted octanol–water partition coefficient (Wildman–Crippen LogP) is 1.79. The number of carboxylic acids is 1. The first kappa shape index (κ1) is 13.0. The van der Waals surface area contributed by atoms with Crippen molar-refractivity contribution in [2.24, 2.45) is 11.8 Å². The van der Waals surface area contributed by atoms with E-state index in [9.17, 15) is 9.59 Å². The van der Waals surface area contributed by atoms with Crippen molar-refractivity contribution < 1.29 is 14.7 Å². The number of nitrogens with one attached hydrogen (secondary N) is 1. The van der Waals surface area contributed by atoms with Gasteiger partial charge in [0.05, 0.1) is 6.42 Å². The van der Waals surface area contributed by atoms with Crippen molar-refractivity contribution in [2.45, 2.75) is 52.0 Å². The highest BCUT2D eigenvalue weighted by atomic mass is 16.4. The Hall–Kier alpha value is -1.06. The summed E-state index contributed by atoms with van der Waals surface area (Å²) < 4.78 is 0. The molecule has 4 nitrogen and oxygen atoms in total. The van der Waals surface area contributed by atoms with Crippen molar-refractivity contribution in [3.8, 4) is 0 Å². The van der Waals surface area contributed by atoms with E-state index in [-0.39, 0.29) is 18.4 Å². The van der Waals surface area contributed by atoms with Crippen LogP contribution in [-0.4, -0.2) is 23.0 Å². The van der Waals surface area contributed by atoms with Crippen molar-refractivity contribution in [3.05, 3.63) is 0 Å². The van der Waals surface area contributed by atoms with Gasteiger partial charge in [-0.05, 0) is 24.7 Å². The van der Waals surface area contributed by atoms with Crippen LogP contribution in [0.5, 0.6) is 0 Å². The molecule has 0 bridgehead atoms. The Balaban J connectivity index is 2.53. The van der Waals surface area contributed by atoms with Gasteiger partial charge in [-0.2, -0.15) is 0 Å². The molecular weight excluding hydrogens is 206 g/mol. The fourth-order valence-corrected chi connectivity index (χ4v) is 2.47. The third kappa shape index (κ3) is 4.21. The van der Waals surface area contributed by atoms with E-state index in [4.69, 9.17) is 5.11 Å². The van der Waals surface area contributed by atoms with Crippen LogP contribution in [0.15, 0.2) is 0 Å². The fourth-order valence-electron chi connectivity index (χ4n) is 2.47. The lowest BCUT2D eigenvalue weighted by molar-refractivity contribution is -0.138. The van der Waals surface area contributed by atoms with Gasteiger partial charge in [-0.15, -0.1) is 0 Å². The molecule has 0 aromatic heterocycles. The van der Waals surface area contributed by atoms with Gasteiger partial charge in [0.15, 0.2) is 0 Å². The van der Waals surface area contributed by atoms with E-state index >= 15 is 0 Å². The quantitative estimate of drug-likeness (QED) is 0.769. The summed E-state index contributed by atoms with van der Waals surface area (Å²) in [6.07, 6.45) is 4.37. The summed E-state index contributed by atoms with van der Waals surface area (Å²) in [5.74, 6) is 0.0949. The SMILES string of the molecule is CC(=O)N[C@@H](CC(=O)O)C1CCC(C)CC1. The molecule has 4 heteroatoms. The molecule has 0 aromatic rings. The van der Waals surface area contributed by atoms with Gasteiger partial charge in [0.25, 0.3) is 0 Å². The Morgan fingerprint density at radius 3 is 2.31 bits per heavy atom. The second-order valence-electron chi connectivity index (χ2n) is 4.92. The van der Waals surface area contributed by atoms with Crippen molar-refractivity contribution in [2.75, 3.05) is 0 Å². The predicted molar refractivity (Wildman–Crippen MR) is 61.0 cm³/mol. The molecule has 0 aliphatic heterocycles. The van der Waals surface area contributed by atoms with E-state index < -0.39 is 5.97 Å². The first-order chi connectivity index (χ1) is 7.49. The monoisotopic (exact) mass is 227 g/mol. The molecule has 1 amide bonds. The van der Waals surface area contributed by atoms with Gasteiger partial charge in [0.2, 0.25) is 5.91 Å². The number of carboxylic acid groups (broad SMARTS) is 1. The Morgan fingerprint density at radius 1 is 1.31 bits per heavy atom. The van der Waals surface area contributed by atoms with Gasteiger partial charge in [-0.1, -0.05) is 19.8 Å². The minimum atomic E-state index is -0.836. The third-order valence-electron chi connectivity index (χ3n) is 3.41. The summed E-state index contributed by atoms with van der Waals surface area (Å²) in [6.45, 7) is 3.67. The largest absolute Gasteiger partial charge is 0.481 e. The zero-order valence-corrected chi connectivity index (χ0v) is 10.0. The van der Waals surface area contributed by atoms with Crippen LogP contribution in [-0.2, 0) is 9.59 Å². The number of hydrogen-bond acceptors (Lipinski definition) is 2. The van der Waals surface area contributed by atoms with E-state index in [1.807, 2.05) is 0 Å². The zero-order valence-electron chi connectivity index (χ0n) is 10.0. The molecule has 1 atom stereocenters. The number of aliphatic carboxylic acids is 1. The molecule has 16 heavy (non-hydrogen) atoms. The topological polar surface area (TPSA) is 66.4 Å². The van der Waals surface area contributed by atoms with Gasteiger partial charge in [-0.25, -0.2) is 0 Å². The van der Waals surface area contributed by atoms with Crippen LogP contribution in [0.4, 0.5) is 0 Å². The molecule has 0 heterocycles. The number of carbonyl (C=O) groups excluding carboxylic acids is 1. The maximum absolute atomic E-state index is 11.0. The highest BCUT2D eigenvalue weighted by Gasteiger charge is 2.28. The summed E-state index contributed by atoms with van der Waals surface area (Å²) >= 11 is 0. The summed E-state index contributed by atoms with van der Waals surface area (Å²) in [5.41, 5.74) is 0. The third-order valence-corrected chi connectivity index (χ3v) is 3.41. The number of amides is 1. The molecule has 0 radical (unpaired) electrons. The van der Waals surface area contributed by atoms with Crippen LogP contribution in [0.25, 0.3) is 0 Å². The standard InChI is InChI=1S/C12H21NO3/c1-8-3-5-10(6-4-8)11(7-12(15)16)13-9(2)14/h8,10-11H,3-7H2,1-2H3,(H,13,14)(H,15,16)/t8?,10?,11-/m0/s1. The van der Waals surface area contributed by atoms with Gasteiger partial charge < -0.3 is 10.4 Å². The van der Waals surface area contributed by atoms with Gasteiger partial charge in [-0.3, -0.25) is 9.59 Å². The molecule has 92 valence electrons. The van der Waals surface area contributed by atoms with Crippen molar-refractivity contribution >= 4 is 11.9 Å². The second kappa shape index (κ2) is 5.87. The van der Waals surface area contributed by atoms with Crippen LogP contribution < -0.4 is 5.32 Å². The van der Waals surface area contributed by atoms with E-state index in [1.54, 1.807) is 0 Å². The number of carbonyl (C=O) groups is 2. The lowest BCUT2D eigenvalue weighted by Crippen LogP contribution is -2.42. The smallest absolute Gasteiger partial charge is 0.305 e. The van der Waals surface area contributed by atoms with Crippen molar-refractivity contribution in [1.82, 2.24) is 5.32 Å². The maximum atomic E-state index is 11.0. The Labute approximate surface area is 96.4 Å². The zero-order chi connectivity index (χ0) is 12.1. The minimum absolute atomic E-state index is 0.0403. The Morgan fingerprint density at radius 2 is 1.88 bits per heavy atom. The molecule has 2 N–H and O–H groups in total. The average Bonchev–Trinajstić information content (AvgIpc) is 2.16. The van der Waals surface area contributed by atoms with Crippen LogP contribution in [0.1, 0.15) is 46.0 Å². The molecule has 1 fully saturated rings. The average molecular weight is 227 g/mol. The summed E-state index contributed by atoms with van der Waals surface area (Å²) in [7, 11) is 0. The van der Waals surface area contributed by atoms with Crippen LogP contribution in [0.2, 0.25) is 0 Å². The van der Waals surface area contributed by atoms with Crippen LogP contribution in [0.3, 0.4) is 0 Å². The lowest BCUT2D eigenvalue weighted by atomic mass is 9.78. The normalized spacial score (nSPS) is 27.1. The van der Waals surface area contributed by atoms with Gasteiger partial charge in [0, 0.05) is 13.0 Å². The first-order valence-corrected chi connectivity index (χ1v) is 5.98. The molecule has 0 unspecified atom stereocenters. The summed E-state index contributed by atoms with van der Waals surface area (Å²) in [5, 5.41) is 11.6. The van der Waals surface area contributed by atoms with Gasteiger partial charge >= 0.3 is 5.97 Å². The first-order valence-electron chi connectivity index (χ1n) is 5.98. The highest BCUT2D eigenvalue weighted by Crippen LogP contribution is 2.31. The molecule has 1 rings (SSSR count). The highest BCUT2D eigenvalue weighted by molar-refractivity contribution is 5.75. The minimum Gasteiger partial charge on any atom is -0.481 e. The summed E-state index contributed by atoms with van der Waals surface area (Å²) in [4.78, 5) is 21.8. The number of hydrogen-bond donors (Lipinski definition) is 2. The molecule has 0 saturated heterocycles. The molecule has 0 aromatic carbocycles.